The molecule has 0 bridgehead atoms. The average molecular weight is 447 g/mol. The van der Waals surface area contributed by atoms with Crippen LogP contribution in [0.1, 0.15) is 39.1 Å². The second-order valence-electron chi connectivity index (χ2n) is 7.08. The van der Waals surface area contributed by atoms with Gasteiger partial charge in [-0.2, -0.15) is 0 Å². The Labute approximate surface area is 189 Å². The third-order valence-corrected chi connectivity index (χ3v) is 6.01. The van der Waals surface area contributed by atoms with Crippen molar-refractivity contribution in [3.05, 3.63) is 92.3 Å². The number of H-pyrrole nitrogens is 1. The molecule has 2 aromatic carbocycles. The number of hydrogen-bond acceptors (Lipinski definition) is 6. The molecule has 7 heteroatoms. The van der Waals surface area contributed by atoms with Gasteiger partial charge in [-0.1, -0.05) is 48.5 Å². The average Bonchev–Trinajstić information content (AvgIpc) is 3.15. The van der Waals surface area contributed by atoms with Crippen LogP contribution in [0, 0.1) is 6.92 Å². The van der Waals surface area contributed by atoms with Crippen molar-refractivity contribution in [2.75, 3.05) is 6.61 Å². The van der Waals surface area contributed by atoms with Crippen LogP contribution in [0.15, 0.2) is 59.4 Å². The third kappa shape index (κ3) is 4.78. The van der Waals surface area contributed by atoms with Crippen molar-refractivity contribution in [2.45, 2.75) is 20.5 Å². The maximum atomic E-state index is 12.6. The third-order valence-electron chi connectivity index (χ3n) is 4.84. The Morgan fingerprint density at radius 3 is 2.56 bits per heavy atom. The quantitative estimate of drug-likeness (QED) is 0.394. The summed E-state index contributed by atoms with van der Waals surface area (Å²) in [4.78, 5) is 32.9. The van der Waals surface area contributed by atoms with Crippen LogP contribution in [0.5, 0.6) is 5.75 Å². The molecule has 0 atom stereocenters. The van der Waals surface area contributed by atoms with Crippen molar-refractivity contribution in [3.63, 3.8) is 0 Å². The standard InChI is InChI=1S/C25H22N2O4S/c1-3-30-25(29)22-16(2)21-23(28)26-20(27-24(21)32-22)14-11-17-9-12-19(13-10-17)31-15-18-7-5-4-6-8-18/h4-14H,3,15H2,1-2H3,(H,26,27,28). The Morgan fingerprint density at radius 2 is 1.84 bits per heavy atom. The molecule has 2 aromatic heterocycles. The number of fused-ring (bicyclic) bond motifs is 1. The van der Waals surface area contributed by atoms with E-state index in [-0.39, 0.29) is 12.2 Å². The van der Waals surface area contributed by atoms with Gasteiger partial charge in [0.15, 0.2) is 0 Å². The first kappa shape index (κ1) is 21.5. The summed E-state index contributed by atoms with van der Waals surface area (Å²) >= 11 is 1.17. The maximum Gasteiger partial charge on any atom is 0.348 e. The van der Waals surface area contributed by atoms with Gasteiger partial charge in [-0.05, 0) is 48.7 Å². The van der Waals surface area contributed by atoms with E-state index in [4.69, 9.17) is 9.47 Å². The Hall–Kier alpha value is -3.71. The van der Waals surface area contributed by atoms with Crippen LogP contribution in [0.3, 0.4) is 0 Å². The smallest absolute Gasteiger partial charge is 0.348 e. The molecule has 0 radical (unpaired) electrons. The van der Waals surface area contributed by atoms with Crippen molar-refractivity contribution in [1.82, 2.24) is 9.97 Å². The fourth-order valence-electron chi connectivity index (χ4n) is 3.22. The Bertz CT molecular complexity index is 1320. The number of aryl methyl sites for hydroxylation is 1. The van der Waals surface area contributed by atoms with Crippen LogP contribution >= 0.6 is 11.3 Å². The number of hydrogen-bond donors (Lipinski definition) is 1. The zero-order chi connectivity index (χ0) is 22.5. The SMILES string of the molecule is CCOC(=O)c1sc2nc(C=Cc3ccc(OCc4ccccc4)cc3)[nH]c(=O)c2c1C. The fourth-order valence-corrected chi connectivity index (χ4v) is 4.30. The lowest BCUT2D eigenvalue weighted by atomic mass is 10.2. The van der Waals surface area contributed by atoms with Crippen LogP contribution in [-0.2, 0) is 11.3 Å². The van der Waals surface area contributed by atoms with Crippen molar-refractivity contribution < 1.29 is 14.3 Å². The predicted molar refractivity (Wildman–Crippen MR) is 127 cm³/mol. The molecule has 0 saturated heterocycles. The van der Waals surface area contributed by atoms with E-state index in [0.29, 0.717) is 33.1 Å². The molecule has 1 N–H and O–H groups in total. The summed E-state index contributed by atoms with van der Waals surface area (Å²) in [6.07, 6.45) is 3.59. The maximum absolute atomic E-state index is 12.6. The lowest BCUT2D eigenvalue weighted by Crippen LogP contribution is -2.10. The minimum absolute atomic E-state index is 0.274. The van der Waals surface area contributed by atoms with Crippen LogP contribution < -0.4 is 10.3 Å². The summed E-state index contributed by atoms with van der Waals surface area (Å²) in [5, 5.41) is 0.426. The Balaban J connectivity index is 1.49. The lowest BCUT2D eigenvalue weighted by Gasteiger charge is -2.06. The van der Waals surface area contributed by atoms with Crippen LogP contribution in [0.4, 0.5) is 0 Å². The summed E-state index contributed by atoms with van der Waals surface area (Å²) in [7, 11) is 0. The van der Waals surface area contributed by atoms with E-state index in [2.05, 4.69) is 9.97 Å². The number of aromatic amines is 1. The van der Waals surface area contributed by atoms with E-state index in [1.807, 2.05) is 60.7 Å². The van der Waals surface area contributed by atoms with Gasteiger partial charge in [-0.25, -0.2) is 9.78 Å². The molecule has 0 aliphatic carbocycles. The summed E-state index contributed by atoms with van der Waals surface area (Å²) < 4.78 is 10.9. The second-order valence-corrected chi connectivity index (χ2v) is 8.08. The highest BCUT2D eigenvalue weighted by Gasteiger charge is 2.19. The van der Waals surface area contributed by atoms with Crippen molar-refractivity contribution in [2.24, 2.45) is 0 Å². The Morgan fingerprint density at radius 1 is 1.09 bits per heavy atom. The highest BCUT2D eigenvalue weighted by atomic mass is 32.1. The fraction of sp³-hybridized carbons (Fsp3) is 0.160. The second kappa shape index (κ2) is 9.62. The number of esters is 1. The van der Waals surface area contributed by atoms with Gasteiger partial charge in [0.05, 0.1) is 12.0 Å². The number of ether oxygens (including phenoxy) is 2. The number of carbonyl (C=O) groups excluding carboxylic acids is 1. The van der Waals surface area contributed by atoms with Gasteiger partial charge in [-0.15, -0.1) is 11.3 Å². The van der Waals surface area contributed by atoms with Crippen molar-refractivity contribution in [1.29, 1.82) is 0 Å². The lowest BCUT2D eigenvalue weighted by molar-refractivity contribution is 0.0531. The Kier molecular flexibility index (Phi) is 6.47. The van der Waals surface area contributed by atoms with E-state index in [1.54, 1.807) is 19.9 Å². The molecule has 0 amide bonds. The van der Waals surface area contributed by atoms with Gasteiger partial charge in [0.2, 0.25) is 0 Å². The van der Waals surface area contributed by atoms with Gasteiger partial charge in [0.1, 0.15) is 27.9 Å². The molecule has 6 nitrogen and oxygen atoms in total. The van der Waals surface area contributed by atoms with E-state index in [9.17, 15) is 9.59 Å². The monoisotopic (exact) mass is 446 g/mol. The van der Waals surface area contributed by atoms with Crippen LogP contribution in [0.25, 0.3) is 22.4 Å². The molecule has 32 heavy (non-hydrogen) atoms. The summed E-state index contributed by atoms with van der Waals surface area (Å²) in [6, 6.07) is 17.6. The molecule has 4 aromatic rings. The van der Waals surface area contributed by atoms with Gasteiger partial charge in [0.25, 0.3) is 5.56 Å². The zero-order valence-electron chi connectivity index (χ0n) is 17.8. The molecule has 0 unspecified atom stereocenters. The zero-order valence-corrected chi connectivity index (χ0v) is 18.6. The number of nitrogens with one attached hydrogen (secondary N) is 1. The first-order valence-electron chi connectivity index (χ1n) is 10.2. The molecule has 2 heterocycles. The summed E-state index contributed by atoms with van der Waals surface area (Å²) in [6.45, 7) is 4.27. The van der Waals surface area contributed by atoms with Crippen LogP contribution in [-0.4, -0.2) is 22.5 Å². The molecular weight excluding hydrogens is 424 g/mol. The minimum atomic E-state index is -0.431. The van der Waals surface area contributed by atoms with Gasteiger partial charge < -0.3 is 14.5 Å². The highest BCUT2D eigenvalue weighted by molar-refractivity contribution is 7.20. The molecule has 4 rings (SSSR count). The number of nitrogens with zero attached hydrogens (tertiary/aromatic N) is 1. The van der Waals surface area contributed by atoms with Crippen molar-refractivity contribution in [3.8, 4) is 5.75 Å². The molecule has 0 aliphatic heterocycles. The molecule has 0 spiro atoms. The van der Waals surface area contributed by atoms with Crippen molar-refractivity contribution >= 4 is 39.7 Å². The van der Waals surface area contributed by atoms with E-state index in [1.165, 1.54) is 11.3 Å². The minimum Gasteiger partial charge on any atom is -0.489 e. The molecular formula is C25H22N2O4S. The number of carbonyl (C=O) groups is 1. The molecule has 0 saturated carbocycles. The molecule has 0 aliphatic rings. The highest BCUT2D eigenvalue weighted by Crippen LogP contribution is 2.27. The first-order chi connectivity index (χ1) is 15.5. The number of rotatable bonds is 7. The van der Waals surface area contributed by atoms with E-state index >= 15 is 0 Å². The summed E-state index contributed by atoms with van der Waals surface area (Å²) in [5.74, 6) is 0.766. The topological polar surface area (TPSA) is 81.3 Å². The largest absolute Gasteiger partial charge is 0.489 e. The predicted octanol–water partition coefficient (Wildman–Crippen LogP) is 5.22. The molecule has 0 fully saturated rings. The normalized spacial score (nSPS) is 11.2. The number of thiophene rings is 1. The summed E-state index contributed by atoms with van der Waals surface area (Å²) in [5.41, 5.74) is 2.37. The van der Waals surface area contributed by atoms with E-state index < -0.39 is 5.97 Å². The van der Waals surface area contributed by atoms with Gasteiger partial charge >= 0.3 is 5.97 Å². The molecule has 162 valence electrons. The number of aromatic nitrogens is 2. The number of benzene rings is 2. The van der Waals surface area contributed by atoms with E-state index in [0.717, 1.165) is 16.9 Å². The van der Waals surface area contributed by atoms with Gasteiger partial charge in [0, 0.05) is 0 Å². The van der Waals surface area contributed by atoms with Crippen LogP contribution in [0.2, 0.25) is 0 Å². The first-order valence-corrected chi connectivity index (χ1v) is 11.0. The van der Waals surface area contributed by atoms with Gasteiger partial charge in [-0.3, -0.25) is 4.79 Å².